The summed E-state index contributed by atoms with van der Waals surface area (Å²) in [4.78, 5) is 0. The Labute approximate surface area is 94.1 Å². The quantitative estimate of drug-likeness (QED) is 0.621. The molecule has 0 radical (unpaired) electrons. The van der Waals surface area contributed by atoms with Crippen molar-refractivity contribution in [1.82, 2.24) is 0 Å². The van der Waals surface area contributed by atoms with Crippen molar-refractivity contribution in [3.63, 3.8) is 0 Å². The third-order valence-corrected chi connectivity index (χ3v) is 5.20. The summed E-state index contributed by atoms with van der Waals surface area (Å²) in [6, 6.07) is 0. The fraction of sp³-hybridized carbons (Fsp3) is 1.00. The lowest BCUT2D eigenvalue weighted by Crippen LogP contribution is -2.16. The zero-order valence-corrected chi connectivity index (χ0v) is 11.7. The second-order valence-corrected chi connectivity index (χ2v) is 6.66. The van der Waals surface area contributed by atoms with E-state index in [2.05, 4.69) is 0 Å². The lowest BCUT2D eigenvalue weighted by Gasteiger charge is -2.27. The Balaban J connectivity index is 4.62. The van der Waals surface area contributed by atoms with Gasteiger partial charge in [0.1, 0.15) is 0 Å². The van der Waals surface area contributed by atoms with Gasteiger partial charge in [-0.3, -0.25) is 4.57 Å². The lowest BCUT2D eigenvalue weighted by molar-refractivity contribution is 0.127. The minimum atomic E-state index is -2.94. The molecule has 0 saturated heterocycles. The molecule has 0 rings (SSSR count). The van der Waals surface area contributed by atoms with Crippen LogP contribution in [0.1, 0.15) is 54.4 Å². The summed E-state index contributed by atoms with van der Waals surface area (Å²) in [6.45, 7) is 11.6. The van der Waals surface area contributed by atoms with Crippen LogP contribution in [0, 0.1) is 0 Å². The zero-order valence-electron chi connectivity index (χ0n) is 10.8. The number of rotatable bonds is 7. The third-order valence-electron chi connectivity index (χ3n) is 2.39. The van der Waals surface area contributed by atoms with Crippen LogP contribution in [0.4, 0.5) is 0 Å². The van der Waals surface area contributed by atoms with Crippen LogP contribution in [0.3, 0.4) is 0 Å². The van der Waals surface area contributed by atoms with Gasteiger partial charge in [-0.15, -0.1) is 0 Å². The average Bonchev–Trinajstić information content (AvgIpc) is 2.14. The highest BCUT2D eigenvalue weighted by Gasteiger charge is 2.33. The molecule has 0 fully saturated rings. The van der Waals surface area contributed by atoms with Crippen molar-refractivity contribution < 1.29 is 13.6 Å². The fourth-order valence-corrected chi connectivity index (χ4v) is 3.23. The van der Waals surface area contributed by atoms with Gasteiger partial charge in [0.25, 0.3) is 0 Å². The molecule has 0 aliphatic rings. The van der Waals surface area contributed by atoms with E-state index in [1.165, 1.54) is 0 Å². The number of hydrogen-bond donors (Lipinski definition) is 0. The first-order valence-corrected chi connectivity index (χ1v) is 7.43. The summed E-state index contributed by atoms with van der Waals surface area (Å²) in [5, 5.41) is 0. The normalized spacial score (nSPS) is 19.9. The molecule has 0 spiro atoms. The van der Waals surface area contributed by atoms with Crippen LogP contribution >= 0.6 is 7.60 Å². The summed E-state index contributed by atoms with van der Waals surface area (Å²) in [6.07, 6.45) is 1.58. The van der Waals surface area contributed by atoms with Crippen LogP contribution in [-0.2, 0) is 13.6 Å². The van der Waals surface area contributed by atoms with Crippen LogP contribution < -0.4 is 0 Å². The van der Waals surface area contributed by atoms with E-state index in [0.29, 0.717) is 0 Å². The Bertz CT molecular complexity index is 216. The van der Waals surface area contributed by atoms with Crippen molar-refractivity contribution in [2.45, 2.75) is 72.3 Å². The SMILES string of the molecule is CCC(C)OP(=O)(OC(C)C)C(C)CC. The average molecular weight is 236 g/mol. The van der Waals surface area contributed by atoms with Crippen molar-refractivity contribution >= 4 is 7.60 Å². The minimum Gasteiger partial charge on any atom is -0.306 e. The first-order valence-electron chi connectivity index (χ1n) is 5.82. The van der Waals surface area contributed by atoms with Gasteiger partial charge in [0, 0.05) is 0 Å². The van der Waals surface area contributed by atoms with E-state index >= 15 is 0 Å². The van der Waals surface area contributed by atoms with E-state index < -0.39 is 7.60 Å². The summed E-state index contributed by atoms with van der Waals surface area (Å²) in [5.41, 5.74) is -0.0334. The van der Waals surface area contributed by atoms with Gasteiger partial charge in [-0.2, -0.15) is 0 Å². The molecular weight excluding hydrogens is 211 g/mol. The first kappa shape index (κ1) is 15.2. The highest BCUT2D eigenvalue weighted by molar-refractivity contribution is 7.54. The summed E-state index contributed by atoms with van der Waals surface area (Å²) < 4.78 is 23.6. The van der Waals surface area contributed by atoms with E-state index in [1.54, 1.807) is 0 Å². The van der Waals surface area contributed by atoms with E-state index in [0.717, 1.165) is 12.8 Å². The van der Waals surface area contributed by atoms with E-state index in [9.17, 15) is 4.57 Å². The molecule has 0 heterocycles. The Kier molecular flexibility index (Phi) is 6.74. The van der Waals surface area contributed by atoms with Crippen molar-refractivity contribution in [2.75, 3.05) is 0 Å². The molecule has 0 bridgehead atoms. The second-order valence-electron chi connectivity index (χ2n) is 4.28. The first-order chi connectivity index (χ1) is 6.85. The third kappa shape index (κ3) is 5.14. The van der Waals surface area contributed by atoms with Crippen molar-refractivity contribution in [1.29, 1.82) is 0 Å². The molecule has 92 valence electrons. The standard InChI is InChI=1S/C11H25O3P/c1-7-10(5)14-15(12,11(6)8-2)13-9(3)4/h9-11H,7-8H2,1-6H3. The topological polar surface area (TPSA) is 35.5 Å². The molecule has 3 atom stereocenters. The molecule has 0 saturated carbocycles. The van der Waals surface area contributed by atoms with Gasteiger partial charge in [-0.1, -0.05) is 20.8 Å². The molecule has 15 heavy (non-hydrogen) atoms. The highest BCUT2D eigenvalue weighted by Crippen LogP contribution is 2.56. The molecular formula is C11H25O3P. The summed E-state index contributed by atoms with van der Waals surface area (Å²) in [7, 11) is -2.94. The van der Waals surface area contributed by atoms with Crippen LogP contribution in [0.15, 0.2) is 0 Å². The maximum absolute atomic E-state index is 12.5. The van der Waals surface area contributed by atoms with Gasteiger partial charge in [-0.05, 0) is 33.6 Å². The minimum absolute atomic E-state index is 0.0106. The van der Waals surface area contributed by atoms with E-state index in [4.69, 9.17) is 9.05 Å². The highest BCUT2D eigenvalue weighted by atomic mass is 31.2. The summed E-state index contributed by atoms with van der Waals surface area (Å²) >= 11 is 0. The molecule has 0 amide bonds. The van der Waals surface area contributed by atoms with E-state index in [1.807, 2.05) is 41.5 Å². The monoisotopic (exact) mass is 236 g/mol. The molecule has 0 aromatic carbocycles. The lowest BCUT2D eigenvalue weighted by atomic mass is 10.3. The zero-order chi connectivity index (χ0) is 12.1. The van der Waals surface area contributed by atoms with Crippen molar-refractivity contribution in [2.24, 2.45) is 0 Å². The molecule has 0 aliphatic heterocycles. The van der Waals surface area contributed by atoms with Gasteiger partial charge < -0.3 is 9.05 Å². The van der Waals surface area contributed by atoms with Crippen molar-refractivity contribution in [3.05, 3.63) is 0 Å². The fourth-order valence-electron chi connectivity index (χ4n) is 1.08. The Hall–Kier alpha value is 0.150. The summed E-state index contributed by atoms with van der Waals surface area (Å²) in [5.74, 6) is 0. The number of hydrogen-bond acceptors (Lipinski definition) is 3. The molecule has 0 N–H and O–H groups in total. The molecule has 0 aromatic heterocycles. The molecule has 3 unspecified atom stereocenters. The largest absolute Gasteiger partial charge is 0.333 e. The molecule has 0 aromatic rings. The van der Waals surface area contributed by atoms with Gasteiger partial charge in [0.05, 0.1) is 17.9 Å². The molecule has 0 aliphatic carbocycles. The van der Waals surface area contributed by atoms with Crippen LogP contribution in [0.5, 0.6) is 0 Å². The Morgan fingerprint density at radius 2 is 1.53 bits per heavy atom. The van der Waals surface area contributed by atoms with Gasteiger partial charge >= 0.3 is 7.60 Å². The van der Waals surface area contributed by atoms with Gasteiger partial charge in [0.15, 0.2) is 0 Å². The van der Waals surface area contributed by atoms with E-state index in [-0.39, 0.29) is 17.9 Å². The molecule has 4 heteroatoms. The van der Waals surface area contributed by atoms with Gasteiger partial charge in [-0.25, -0.2) is 0 Å². The second kappa shape index (κ2) is 6.67. The molecule has 3 nitrogen and oxygen atoms in total. The van der Waals surface area contributed by atoms with Crippen molar-refractivity contribution in [3.8, 4) is 0 Å². The maximum Gasteiger partial charge on any atom is 0.333 e. The van der Waals surface area contributed by atoms with Crippen LogP contribution in [-0.4, -0.2) is 17.9 Å². The predicted molar refractivity (Wildman–Crippen MR) is 64.4 cm³/mol. The van der Waals surface area contributed by atoms with Crippen LogP contribution in [0.25, 0.3) is 0 Å². The Morgan fingerprint density at radius 3 is 1.87 bits per heavy atom. The van der Waals surface area contributed by atoms with Gasteiger partial charge in [0.2, 0.25) is 0 Å². The Morgan fingerprint density at radius 1 is 1.00 bits per heavy atom. The predicted octanol–water partition coefficient (Wildman–Crippen LogP) is 4.22. The van der Waals surface area contributed by atoms with Crippen LogP contribution in [0.2, 0.25) is 0 Å². The maximum atomic E-state index is 12.5. The smallest absolute Gasteiger partial charge is 0.306 e.